The molecule has 2 aliphatic heterocycles. The summed E-state index contributed by atoms with van der Waals surface area (Å²) in [5, 5.41) is 17.1. The minimum atomic E-state index is -1.97. The van der Waals surface area contributed by atoms with Gasteiger partial charge >= 0.3 is 0 Å². The minimum absolute atomic E-state index is 0.0361. The first-order valence-corrected chi connectivity index (χ1v) is 19.1. The molecule has 0 amide bonds. The predicted molar refractivity (Wildman–Crippen MR) is 183 cm³/mol. The standard InChI is InChI=1S/C35H48FN7O2Si/c1-23(2)45-31-20-43(13-12-42-18-27(36)19-42)24(3)14-30(31)41-33-38-11-10-29(40-33)25-15-26(17-37)32-28(16-25)35(7,21-39-32)22-44-46(8,9)34(4,5)6/h10-11,14-16,20,23,27H,12-13,18-19,21-22H2,1-9H3,(H,38,39,40)/p+1/t35-/m1/s1. The van der Waals surface area contributed by atoms with E-state index >= 15 is 0 Å². The minimum Gasteiger partial charge on any atom is -0.483 e. The molecule has 1 aromatic carbocycles. The highest BCUT2D eigenvalue weighted by atomic mass is 28.4. The van der Waals surface area contributed by atoms with Gasteiger partial charge in [-0.1, -0.05) is 27.7 Å². The molecular weight excluding hydrogens is 598 g/mol. The van der Waals surface area contributed by atoms with Crippen molar-refractivity contribution in [1.29, 1.82) is 5.26 Å². The highest BCUT2D eigenvalue weighted by molar-refractivity contribution is 6.74. The smallest absolute Gasteiger partial charge is 0.227 e. The number of likely N-dealkylation sites (tertiary alicyclic amines) is 1. The van der Waals surface area contributed by atoms with Crippen LogP contribution in [0.2, 0.25) is 18.1 Å². The van der Waals surface area contributed by atoms with Crippen molar-refractivity contribution in [2.75, 3.05) is 43.4 Å². The first-order chi connectivity index (χ1) is 21.6. The molecule has 46 heavy (non-hydrogen) atoms. The molecule has 5 rings (SSSR count). The van der Waals surface area contributed by atoms with Gasteiger partial charge in [0.25, 0.3) is 0 Å². The second kappa shape index (κ2) is 12.9. The Morgan fingerprint density at radius 1 is 1.26 bits per heavy atom. The van der Waals surface area contributed by atoms with E-state index in [0.717, 1.165) is 41.3 Å². The number of halogens is 1. The molecule has 0 unspecified atom stereocenters. The zero-order valence-corrected chi connectivity index (χ0v) is 29.8. The van der Waals surface area contributed by atoms with Crippen LogP contribution in [0.3, 0.4) is 0 Å². The van der Waals surface area contributed by atoms with Crippen LogP contribution < -0.4 is 19.9 Å². The highest BCUT2D eigenvalue weighted by Gasteiger charge is 2.42. The lowest BCUT2D eigenvalue weighted by molar-refractivity contribution is -0.702. The summed E-state index contributed by atoms with van der Waals surface area (Å²) in [6.45, 7) is 23.3. The number of pyridine rings is 1. The molecule has 2 aromatic heterocycles. The Morgan fingerprint density at radius 2 is 2.00 bits per heavy atom. The van der Waals surface area contributed by atoms with Gasteiger partial charge in [-0.25, -0.2) is 14.4 Å². The number of anilines is 3. The summed E-state index contributed by atoms with van der Waals surface area (Å²) >= 11 is 0. The van der Waals surface area contributed by atoms with Gasteiger partial charge in [0.1, 0.15) is 12.2 Å². The number of benzene rings is 1. The lowest BCUT2D eigenvalue weighted by Gasteiger charge is -2.39. The third-order valence-corrected chi connectivity index (χ3v) is 14.1. The van der Waals surface area contributed by atoms with E-state index in [1.54, 1.807) is 6.20 Å². The number of hydrogen-bond acceptors (Lipinski definition) is 8. The molecule has 1 fully saturated rings. The molecule has 3 aromatic rings. The number of aromatic nitrogens is 3. The van der Waals surface area contributed by atoms with E-state index in [1.165, 1.54) is 0 Å². The predicted octanol–water partition coefficient (Wildman–Crippen LogP) is 6.50. The van der Waals surface area contributed by atoms with Gasteiger partial charge in [0.2, 0.25) is 17.9 Å². The normalized spacial score (nSPS) is 18.6. The quantitative estimate of drug-likeness (QED) is 0.180. The Balaban J connectivity index is 1.42. The number of aryl methyl sites for hydroxylation is 1. The van der Waals surface area contributed by atoms with Crippen LogP contribution in [0.15, 0.2) is 36.7 Å². The summed E-state index contributed by atoms with van der Waals surface area (Å²) in [5.41, 5.74) is 5.62. The van der Waals surface area contributed by atoms with E-state index in [4.69, 9.17) is 14.1 Å². The lowest BCUT2D eigenvalue weighted by atomic mass is 9.83. The van der Waals surface area contributed by atoms with Gasteiger partial charge in [0.05, 0.1) is 35.3 Å². The van der Waals surface area contributed by atoms with Gasteiger partial charge in [0.15, 0.2) is 20.6 Å². The van der Waals surface area contributed by atoms with Crippen LogP contribution in [-0.2, 0) is 16.4 Å². The van der Waals surface area contributed by atoms with Crippen LogP contribution in [-0.4, -0.2) is 68.2 Å². The molecule has 0 saturated carbocycles. The summed E-state index contributed by atoms with van der Waals surface area (Å²) in [7, 11) is -1.97. The van der Waals surface area contributed by atoms with Crippen molar-refractivity contribution in [2.24, 2.45) is 0 Å². The molecule has 0 aliphatic carbocycles. The van der Waals surface area contributed by atoms with Gasteiger partial charge in [-0.2, -0.15) is 9.83 Å². The van der Waals surface area contributed by atoms with Crippen molar-refractivity contribution in [3.8, 4) is 23.1 Å². The third-order valence-electron chi connectivity index (χ3n) is 9.60. The number of hydrogen-bond donors (Lipinski definition) is 2. The maximum absolute atomic E-state index is 13.3. The number of nitrogens with zero attached hydrogens (tertiary/aromatic N) is 5. The molecule has 1 saturated heterocycles. The van der Waals surface area contributed by atoms with E-state index < -0.39 is 14.5 Å². The number of alkyl halides is 1. The van der Waals surface area contributed by atoms with Crippen LogP contribution >= 0.6 is 0 Å². The zero-order valence-electron chi connectivity index (χ0n) is 28.8. The van der Waals surface area contributed by atoms with E-state index in [1.807, 2.05) is 45.2 Å². The van der Waals surface area contributed by atoms with Crippen molar-refractivity contribution in [1.82, 2.24) is 14.9 Å². The van der Waals surface area contributed by atoms with Gasteiger partial charge in [0, 0.05) is 56.4 Å². The van der Waals surface area contributed by atoms with Crippen molar-refractivity contribution in [3.05, 3.63) is 53.5 Å². The van der Waals surface area contributed by atoms with Crippen molar-refractivity contribution >= 4 is 25.6 Å². The summed E-state index contributed by atoms with van der Waals surface area (Å²) < 4.78 is 28.3. The SMILES string of the molecule is Cc1cc(Nc2nccc(-c3cc(C#N)c4c(c3)[C@@](C)(CO[Si](C)(C)C(C)(C)C)CN4)n2)c(OC(C)C)c[n+]1CCN1CC(F)C1. The Morgan fingerprint density at radius 3 is 2.65 bits per heavy atom. The summed E-state index contributed by atoms with van der Waals surface area (Å²) in [4.78, 5) is 11.5. The fraction of sp³-hybridized carbons (Fsp3) is 0.543. The van der Waals surface area contributed by atoms with Gasteiger partial charge in [-0.3, -0.25) is 4.90 Å². The van der Waals surface area contributed by atoms with Gasteiger partial charge < -0.3 is 19.8 Å². The molecule has 2 aliphatic rings. The van der Waals surface area contributed by atoms with Crippen molar-refractivity contribution in [3.63, 3.8) is 0 Å². The Kier molecular flexibility index (Phi) is 9.46. The second-order valence-corrected chi connectivity index (χ2v) is 19.6. The molecule has 1 atom stereocenters. The summed E-state index contributed by atoms with van der Waals surface area (Å²) in [6, 6.07) is 10.3. The van der Waals surface area contributed by atoms with Crippen LogP contribution in [0.5, 0.6) is 5.75 Å². The van der Waals surface area contributed by atoms with Crippen LogP contribution in [0, 0.1) is 18.3 Å². The van der Waals surface area contributed by atoms with E-state index in [0.29, 0.717) is 49.2 Å². The molecule has 4 heterocycles. The third kappa shape index (κ3) is 7.19. The molecular formula is C35H49FN7O2Si+. The molecule has 0 bridgehead atoms. The topological polar surface area (TPSA) is 99.2 Å². The molecule has 2 N–H and O–H groups in total. The first-order valence-electron chi connectivity index (χ1n) is 16.2. The molecule has 0 spiro atoms. The Hall–Kier alpha value is -3.59. The van der Waals surface area contributed by atoms with E-state index in [9.17, 15) is 9.65 Å². The van der Waals surface area contributed by atoms with E-state index in [-0.39, 0.29) is 16.6 Å². The first kappa shape index (κ1) is 33.8. The molecule has 0 radical (unpaired) electrons. The maximum atomic E-state index is 13.3. The zero-order chi connectivity index (χ0) is 33.4. The van der Waals surface area contributed by atoms with E-state index in [2.05, 4.69) is 78.0 Å². The fourth-order valence-corrected chi connectivity index (χ4v) is 6.72. The van der Waals surface area contributed by atoms with Gasteiger partial charge in [-0.15, -0.1) is 0 Å². The number of rotatable bonds is 11. The largest absolute Gasteiger partial charge is 0.483 e. The van der Waals surface area contributed by atoms with Crippen molar-refractivity contribution < 1.29 is 18.1 Å². The highest BCUT2D eigenvalue weighted by Crippen LogP contribution is 2.44. The van der Waals surface area contributed by atoms with Crippen LogP contribution in [0.4, 0.5) is 21.7 Å². The Bertz CT molecular complexity index is 1630. The van der Waals surface area contributed by atoms with Crippen LogP contribution in [0.1, 0.15) is 58.4 Å². The number of ether oxygens (including phenoxy) is 1. The lowest BCUT2D eigenvalue weighted by Crippen LogP contribution is -2.52. The number of nitrogens with one attached hydrogen (secondary N) is 2. The van der Waals surface area contributed by atoms with Crippen molar-refractivity contribution in [2.45, 2.75) is 90.8 Å². The molecule has 11 heteroatoms. The average Bonchev–Trinajstić information content (AvgIpc) is 3.31. The molecule has 246 valence electrons. The average molecular weight is 647 g/mol. The Labute approximate surface area is 274 Å². The fourth-order valence-electron chi connectivity index (χ4n) is 5.61. The van der Waals surface area contributed by atoms with Crippen LogP contribution in [0.25, 0.3) is 11.3 Å². The van der Waals surface area contributed by atoms with Gasteiger partial charge in [-0.05, 0) is 55.7 Å². The number of fused-ring (bicyclic) bond motifs is 1. The maximum Gasteiger partial charge on any atom is 0.227 e. The second-order valence-electron chi connectivity index (χ2n) is 14.8. The monoisotopic (exact) mass is 646 g/mol. The number of nitriles is 1. The summed E-state index contributed by atoms with van der Waals surface area (Å²) in [5.74, 6) is 1.12. The molecule has 9 nitrogen and oxygen atoms in total. The summed E-state index contributed by atoms with van der Waals surface area (Å²) in [6.07, 6.45) is 2.98.